The summed E-state index contributed by atoms with van der Waals surface area (Å²) in [4.78, 5) is 3.88. The number of hydrogen-bond donors (Lipinski definition) is 1. The van der Waals surface area contributed by atoms with Crippen molar-refractivity contribution in [2.45, 2.75) is 13.2 Å². The van der Waals surface area contributed by atoms with E-state index in [0.717, 1.165) is 12.3 Å². The highest BCUT2D eigenvalue weighted by atomic mass is 32.2. The van der Waals surface area contributed by atoms with Crippen LogP contribution in [0.25, 0.3) is 0 Å². The van der Waals surface area contributed by atoms with Crippen molar-refractivity contribution in [3.05, 3.63) is 12.2 Å². The van der Waals surface area contributed by atoms with Gasteiger partial charge in [0.2, 0.25) is 0 Å². The molecular weight excluding hydrogens is 162 g/mol. The molecule has 1 heterocycles. The maximum atomic E-state index is 8.78. The maximum absolute atomic E-state index is 8.78. The molecule has 0 bridgehead atoms. The van der Waals surface area contributed by atoms with Crippen molar-refractivity contribution in [1.29, 1.82) is 0 Å². The summed E-state index contributed by atoms with van der Waals surface area (Å²) in [6.07, 6.45) is 3.50. The van der Waals surface area contributed by atoms with Gasteiger partial charge in [-0.3, -0.25) is 0 Å². The lowest BCUT2D eigenvalue weighted by Gasteiger charge is -2.00. The van der Waals surface area contributed by atoms with E-state index >= 15 is 0 Å². The summed E-state index contributed by atoms with van der Waals surface area (Å²) in [5, 5.41) is 12.7. The van der Waals surface area contributed by atoms with Crippen LogP contribution in [0.2, 0.25) is 0 Å². The third kappa shape index (κ3) is 2.20. The van der Waals surface area contributed by atoms with Crippen molar-refractivity contribution in [2.75, 3.05) is 12.0 Å². The Morgan fingerprint density at radius 1 is 1.73 bits per heavy atom. The lowest BCUT2D eigenvalue weighted by Crippen LogP contribution is -2.07. The number of rotatable bonds is 4. The third-order valence-corrected chi connectivity index (χ3v) is 1.94. The summed E-state index contributed by atoms with van der Waals surface area (Å²) in [6.45, 7) is 0.783. The Morgan fingerprint density at radius 3 is 3.18 bits per heavy atom. The van der Waals surface area contributed by atoms with Gasteiger partial charge in [-0.25, -0.2) is 9.67 Å². The number of nitrogens with zero attached hydrogens (tertiary/aromatic N) is 3. The molecule has 0 spiro atoms. The summed E-state index contributed by atoms with van der Waals surface area (Å²) < 4.78 is 1.72. The average molecular weight is 173 g/mol. The van der Waals surface area contributed by atoms with E-state index in [4.69, 9.17) is 5.11 Å². The molecule has 1 rings (SSSR count). The van der Waals surface area contributed by atoms with Crippen LogP contribution < -0.4 is 0 Å². The van der Waals surface area contributed by atoms with Crippen LogP contribution in [-0.4, -0.2) is 31.9 Å². The van der Waals surface area contributed by atoms with Gasteiger partial charge in [-0.15, -0.1) is 0 Å². The number of aliphatic hydroxyl groups is 1. The van der Waals surface area contributed by atoms with Gasteiger partial charge in [-0.2, -0.15) is 16.9 Å². The second-order valence-corrected chi connectivity index (χ2v) is 3.04. The highest BCUT2D eigenvalue weighted by Crippen LogP contribution is 1.97. The first-order chi connectivity index (χ1) is 5.38. The summed E-state index contributed by atoms with van der Waals surface area (Å²) in [7, 11) is 0. The summed E-state index contributed by atoms with van der Waals surface area (Å²) in [5.74, 6) is 1.63. The monoisotopic (exact) mass is 173 g/mol. The highest BCUT2D eigenvalue weighted by Gasteiger charge is 2.00. The van der Waals surface area contributed by atoms with E-state index in [9.17, 15) is 0 Å². The molecule has 0 aromatic carbocycles. The van der Waals surface area contributed by atoms with Gasteiger partial charge in [0, 0.05) is 5.75 Å². The van der Waals surface area contributed by atoms with Crippen LogP contribution in [0.1, 0.15) is 5.82 Å². The van der Waals surface area contributed by atoms with Crippen LogP contribution in [0.4, 0.5) is 0 Å². The molecule has 0 radical (unpaired) electrons. The van der Waals surface area contributed by atoms with Gasteiger partial charge in [0.05, 0.1) is 6.54 Å². The molecule has 0 amide bonds. The van der Waals surface area contributed by atoms with Crippen LogP contribution in [-0.2, 0) is 13.2 Å². The van der Waals surface area contributed by atoms with Crippen molar-refractivity contribution >= 4 is 11.8 Å². The van der Waals surface area contributed by atoms with Crippen molar-refractivity contribution in [2.24, 2.45) is 0 Å². The molecule has 0 atom stereocenters. The van der Waals surface area contributed by atoms with Crippen molar-refractivity contribution in [3.8, 4) is 0 Å². The summed E-state index contributed by atoms with van der Waals surface area (Å²) in [6, 6.07) is 0. The van der Waals surface area contributed by atoms with Gasteiger partial charge in [0.25, 0.3) is 0 Å². The van der Waals surface area contributed by atoms with Crippen LogP contribution in [0, 0.1) is 0 Å². The van der Waals surface area contributed by atoms with Gasteiger partial charge in [0.1, 0.15) is 12.9 Å². The van der Waals surface area contributed by atoms with Gasteiger partial charge in [-0.05, 0) is 6.26 Å². The minimum Gasteiger partial charge on any atom is -0.388 e. The Balaban J connectivity index is 2.54. The van der Waals surface area contributed by atoms with Gasteiger partial charge in [-0.1, -0.05) is 0 Å². The molecule has 1 aromatic rings. The molecule has 5 heteroatoms. The smallest absolute Gasteiger partial charge is 0.152 e. The Labute approximate surface area is 69.6 Å². The zero-order chi connectivity index (χ0) is 8.10. The predicted molar refractivity (Wildman–Crippen MR) is 44.3 cm³/mol. The van der Waals surface area contributed by atoms with E-state index < -0.39 is 0 Å². The Bertz CT molecular complexity index is 213. The van der Waals surface area contributed by atoms with Crippen molar-refractivity contribution in [3.63, 3.8) is 0 Å². The van der Waals surface area contributed by atoms with Crippen LogP contribution in [0.5, 0.6) is 0 Å². The molecule has 0 saturated carbocycles. The lowest BCUT2D eigenvalue weighted by molar-refractivity contribution is 0.263. The fraction of sp³-hybridized carbons (Fsp3) is 0.667. The molecule has 0 fully saturated rings. The molecule has 0 aliphatic carbocycles. The number of aromatic nitrogens is 3. The minimum atomic E-state index is -0.0334. The molecule has 0 saturated heterocycles. The van der Waals surface area contributed by atoms with Gasteiger partial charge in [0.15, 0.2) is 5.82 Å². The second kappa shape index (κ2) is 4.35. The Hall–Kier alpha value is -0.550. The molecule has 0 aliphatic rings. The number of hydrogen-bond acceptors (Lipinski definition) is 4. The molecule has 11 heavy (non-hydrogen) atoms. The predicted octanol–water partition coefficient (Wildman–Crippen LogP) is 0.133. The first-order valence-electron chi connectivity index (χ1n) is 3.35. The number of aliphatic hydroxyl groups excluding tert-OH is 1. The van der Waals surface area contributed by atoms with E-state index in [1.54, 1.807) is 16.4 Å². The van der Waals surface area contributed by atoms with E-state index in [-0.39, 0.29) is 6.61 Å². The molecule has 1 aromatic heterocycles. The quantitative estimate of drug-likeness (QED) is 0.703. The summed E-state index contributed by atoms with van der Waals surface area (Å²) >= 11 is 1.75. The van der Waals surface area contributed by atoms with Gasteiger partial charge >= 0.3 is 0 Å². The molecular formula is C6H11N3OS. The molecule has 62 valence electrons. The SMILES string of the molecule is CSCCn1ncnc1CO. The van der Waals surface area contributed by atoms with E-state index in [1.165, 1.54) is 6.33 Å². The second-order valence-electron chi connectivity index (χ2n) is 2.05. The largest absolute Gasteiger partial charge is 0.388 e. The molecule has 0 unspecified atom stereocenters. The Morgan fingerprint density at radius 2 is 2.55 bits per heavy atom. The van der Waals surface area contributed by atoms with Crippen LogP contribution >= 0.6 is 11.8 Å². The van der Waals surface area contributed by atoms with Crippen molar-refractivity contribution < 1.29 is 5.11 Å². The minimum absolute atomic E-state index is 0.0334. The molecule has 0 aliphatic heterocycles. The third-order valence-electron chi connectivity index (χ3n) is 1.34. The fourth-order valence-corrected chi connectivity index (χ4v) is 1.13. The van der Waals surface area contributed by atoms with Crippen molar-refractivity contribution in [1.82, 2.24) is 14.8 Å². The number of thioether (sulfide) groups is 1. The average Bonchev–Trinajstić information content (AvgIpc) is 2.47. The van der Waals surface area contributed by atoms with Crippen LogP contribution in [0.3, 0.4) is 0 Å². The van der Waals surface area contributed by atoms with Crippen LogP contribution in [0.15, 0.2) is 6.33 Å². The molecule has 1 N–H and O–H groups in total. The van der Waals surface area contributed by atoms with E-state index in [1.807, 2.05) is 6.26 Å². The highest BCUT2D eigenvalue weighted by molar-refractivity contribution is 7.98. The fourth-order valence-electron chi connectivity index (χ4n) is 0.775. The zero-order valence-electron chi connectivity index (χ0n) is 6.40. The van der Waals surface area contributed by atoms with E-state index in [2.05, 4.69) is 10.1 Å². The standard InChI is InChI=1S/C6H11N3OS/c1-11-3-2-9-6(4-10)7-5-8-9/h5,10H,2-4H2,1H3. The summed E-state index contributed by atoms with van der Waals surface area (Å²) in [5.41, 5.74) is 0. The normalized spacial score (nSPS) is 10.4. The topological polar surface area (TPSA) is 50.9 Å². The maximum Gasteiger partial charge on any atom is 0.152 e. The molecule has 4 nitrogen and oxygen atoms in total. The number of aryl methyl sites for hydroxylation is 1. The van der Waals surface area contributed by atoms with E-state index in [0.29, 0.717) is 5.82 Å². The zero-order valence-corrected chi connectivity index (χ0v) is 7.21. The Kier molecular flexibility index (Phi) is 3.38. The first-order valence-corrected chi connectivity index (χ1v) is 4.74. The first kappa shape index (κ1) is 8.55. The van der Waals surface area contributed by atoms with Gasteiger partial charge < -0.3 is 5.11 Å². The lowest BCUT2D eigenvalue weighted by atomic mass is 10.6.